The number of fused-ring (bicyclic) bond motifs is 2. The van der Waals surface area contributed by atoms with Crippen molar-refractivity contribution in [3.8, 4) is 0 Å². The molecule has 170 valence electrons. The van der Waals surface area contributed by atoms with E-state index in [0.29, 0.717) is 11.7 Å². The molecule has 1 aliphatic heterocycles. The lowest BCUT2D eigenvalue weighted by molar-refractivity contribution is 0.641. The third-order valence-corrected chi connectivity index (χ3v) is 6.31. The molecule has 6 heteroatoms. The zero-order valence-corrected chi connectivity index (χ0v) is 19.9. The van der Waals surface area contributed by atoms with Crippen LogP contribution in [-0.4, -0.2) is 29.1 Å². The maximum Gasteiger partial charge on any atom is 0.190 e. The van der Waals surface area contributed by atoms with Gasteiger partial charge < -0.3 is 9.88 Å². The molecule has 1 aromatic heterocycles. The quantitative estimate of drug-likeness (QED) is 0.234. The molecular formula is C28H28N6. The first-order chi connectivity index (χ1) is 16.4. The van der Waals surface area contributed by atoms with E-state index in [2.05, 4.69) is 78.6 Å². The van der Waals surface area contributed by atoms with Crippen LogP contribution in [0.4, 0.5) is 11.4 Å². The van der Waals surface area contributed by atoms with Gasteiger partial charge in [0.15, 0.2) is 11.7 Å². The molecule has 0 aliphatic carbocycles. The van der Waals surface area contributed by atoms with Crippen molar-refractivity contribution in [2.24, 2.45) is 10.1 Å². The van der Waals surface area contributed by atoms with Crippen LogP contribution in [0.5, 0.6) is 0 Å². The largest absolute Gasteiger partial charge is 0.347 e. The highest BCUT2D eigenvalue weighted by Crippen LogP contribution is 2.46. The third-order valence-electron chi connectivity index (χ3n) is 6.31. The maximum atomic E-state index is 4.78. The van der Waals surface area contributed by atoms with Crippen LogP contribution in [0.1, 0.15) is 30.8 Å². The molecular weight excluding hydrogens is 420 g/mol. The first kappa shape index (κ1) is 21.6. The zero-order chi connectivity index (χ0) is 23.7. The number of likely N-dealkylation sites (N-methyl/N-ethyl adjacent to an activating group) is 1. The highest BCUT2D eigenvalue weighted by atomic mass is 15.3. The van der Waals surface area contributed by atoms with Crippen molar-refractivity contribution in [1.29, 1.82) is 0 Å². The zero-order valence-electron chi connectivity index (χ0n) is 19.9. The summed E-state index contributed by atoms with van der Waals surface area (Å²) >= 11 is 0. The molecule has 3 aromatic carbocycles. The number of nitrogens with zero attached hydrogens (tertiary/aromatic N) is 4. The predicted molar refractivity (Wildman–Crippen MR) is 141 cm³/mol. The first-order valence-electron chi connectivity index (χ1n) is 11.4. The molecule has 0 spiro atoms. The molecule has 5 rings (SSSR count). The van der Waals surface area contributed by atoms with Crippen molar-refractivity contribution in [2.75, 3.05) is 11.9 Å². The Kier molecular flexibility index (Phi) is 5.49. The van der Waals surface area contributed by atoms with Crippen LogP contribution in [0.2, 0.25) is 0 Å². The van der Waals surface area contributed by atoms with Gasteiger partial charge in [0.2, 0.25) is 0 Å². The Hall–Kier alpha value is -4.19. The van der Waals surface area contributed by atoms with Crippen molar-refractivity contribution in [1.82, 2.24) is 15.4 Å². The number of allylic oxidation sites excluding steroid dienone is 2. The monoisotopic (exact) mass is 448 g/mol. The van der Waals surface area contributed by atoms with Crippen LogP contribution < -0.4 is 10.3 Å². The molecule has 0 atom stereocenters. The number of aliphatic imine (C=N–C) groups is 1. The minimum absolute atomic E-state index is 0.102. The number of imidazole rings is 1. The van der Waals surface area contributed by atoms with Crippen molar-refractivity contribution in [3.05, 3.63) is 102 Å². The standard InChI is InChI=1S/C28H28N6/c1-19-13-15-20(16-14-19)30-27(26-31-22-10-6-7-11-23(22)32-26)33-29-18-17-25-28(2,3)21-9-5-8-12-24(21)34(25)4/h5-18H,1-4H3,(H,30,33)(H,31,32). The topological polar surface area (TPSA) is 68.7 Å². The lowest BCUT2D eigenvalue weighted by Crippen LogP contribution is -2.23. The number of aryl methyl sites for hydroxylation is 1. The minimum Gasteiger partial charge on any atom is -0.347 e. The van der Waals surface area contributed by atoms with E-state index in [1.807, 2.05) is 48.5 Å². The average Bonchev–Trinajstić information content (AvgIpc) is 3.35. The summed E-state index contributed by atoms with van der Waals surface area (Å²) in [6.07, 6.45) is 3.84. The summed E-state index contributed by atoms with van der Waals surface area (Å²) in [4.78, 5) is 15.0. The second-order valence-corrected chi connectivity index (χ2v) is 9.04. The van der Waals surface area contributed by atoms with Gasteiger partial charge in [-0.05, 0) is 48.9 Å². The number of hydrogen-bond donors (Lipinski definition) is 2. The molecule has 34 heavy (non-hydrogen) atoms. The molecule has 0 saturated heterocycles. The van der Waals surface area contributed by atoms with Crippen LogP contribution in [0.25, 0.3) is 11.0 Å². The normalized spacial score (nSPS) is 16.5. The number of rotatable bonds is 4. The third kappa shape index (κ3) is 3.99. The lowest BCUT2D eigenvalue weighted by Gasteiger charge is -2.23. The van der Waals surface area contributed by atoms with Gasteiger partial charge in [-0.15, -0.1) is 0 Å². The number of hydrogen-bond acceptors (Lipinski definition) is 4. The molecule has 0 unspecified atom stereocenters. The van der Waals surface area contributed by atoms with Crippen LogP contribution in [0, 0.1) is 6.92 Å². The number of para-hydroxylation sites is 3. The summed E-state index contributed by atoms with van der Waals surface area (Å²) < 4.78 is 0. The number of H-pyrrole nitrogens is 1. The average molecular weight is 449 g/mol. The van der Waals surface area contributed by atoms with Crippen LogP contribution >= 0.6 is 0 Å². The number of nitrogens with one attached hydrogen (secondary N) is 2. The fourth-order valence-electron chi connectivity index (χ4n) is 4.45. The van der Waals surface area contributed by atoms with Crippen LogP contribution in [-0.2, 0) is 5.41 Å². The van der Waals surface area contributed by atoms with Crippen molar-refractivity contribution in [2.45, 2.75) is 26.2 Å². The highest BCUT2D eigenvalue weighted by molar-refractivity contribution is 6.00. The molecule has 0 radical (unpaired) electrons. The van der Waals surface area contributed by atoms with Gasteiger partial charge in [-0.2, -0.15) is 5.10 Å². The Morgan fingerprint density at radius 3 is 2.50 bits per heavy atom. The summed E-state index contributed by atoms with van der Waals surface area (Å²) in [6.45, 7) is 6.53. The number of aromatic amines is 1. The van der Waals surface area contributed by atoms with Gasteiger partial charge in [-0.1, -0.05) is 61.9 Å². The Labute approximate surface area is 199 Å². The molecule has 0 fully saturated rings. The van der Waals surface area contributed by atoms with Crippen molar-refractivity contribution in [3.63, 3.8) is 0 Å². The molecule has 4 aromatic rings. The number of hydrazone groups is 1. The van der Waals surface area contributed by atoms with Gasteiger partial charge in [0, 0.05) is 30.1 Å². The predicted octanol–water partition coefficient (Wildman–Crippen LogP) is 5.84. The number of amidine groups is 1. The van der Waals surface area contributed by atoms with Gasteiger partial charge in [0.1, 0.15) is 0 Å². The van der Waals surface area contributed by atoms with E-state index >= 15 is 0 Å². The summed E-state index contributed by atoms with van der Waals surface area (Å²) in [6, 6.07) is 24.5. The lowest BCUT2D eigenvalue weighted by atomic mass is 9.84. The second-order valence-electron chi connectivity index (χ2n) is 9.04. The van der Waals surface area contributed by atoms with E-state index in [0.717, 1.165) is 16.7 Å². The molecule has 2 heterocycles. The van der Waals surface area contributed by atoms with E-state index in [-0.39, 0.29) is 5.41 Å². The molecule has 2 N–H and O–H groups in total. The Morgan fingerprint density at radius 1 is 1.00 bits per heavy atom. The molecule has 0 bridgehead atoms. The fourth-order valence-corrected chi connectivity index (χ4v) is 4.45. The van der Waals surface area contributed by atoms with E-state index in [9.17, 15) is 0 Å². The van der Waals surface area contributed by atoms with E-state index in [1.54, 1.807) is 6.21 Å². The molecule has 1 aliphatic rings. The summed E-state index contributed by atoms with van der Waals surface area (Å²) in [5.41, 5.74) is 10.6. The maximum absolute atomic E-state index is 4.78. The van der Waals surface area contributed by atoms with Gasteiger partial charge in [-0.25, -0.2) is 9.98 Å². The Morgan fingerprint density at radius 2 is 1.74 bits per heavy atom. The summed E-state index contributed by atoms with van der Waals surface area (Å²) in [7, 11) is 2.10. The Balaban J connectivity index is 1.45. The smallest absolute Gasteiger partial charge is 0.190 e. The molecule has 0 saturated carbocycles. The van der Waals surface area contributed by atoms with E-state index < -0.39 is 0 Å². The molecule has 0 amide bonds. The van der Waals surface area contributed by atoms with Gasteiger partial charge in [0.25, 0.3) is 0 Å². The summed E-state index contributed by atoms with van der Waals surface area (Å²) in [5, 5.41) is 4.49. The van der Waals surface area contributed by atoms with Gasteiger partial charge >= 0.3 is 0 Å². The molecule has 6 nitrogen and oxygen atoms in total. The minimum atomic E-state index is -0.102. The van der Waals surface area contributed by atoms with Crippen LogP contribution in [0.15, 0.2) is 94.7 Å². The van der Waals surface area contributed by atoms with E-state index in [4.69, 9.17) is 9.98 Å². The summed E-state index contributed by atoms with van der Waals surface area (Å²) in [5.74, 6) is 1.19. The van der Waals surface area contributed by atoms with E-state index in [1.165, 1.54) is 22.5 Å². The van der Waals surface area contributed by atoms with Crippen molar-refractivity contribution >= 4 is 34.5 Å². The fraction of sp³-hybridized carbons (Fsp3) is 0.179. The first-order valence-corrected chi connectivity index (χ1v) is 11.4. The highest BCUT2D eigenvalue weighted by Gasteiger charge is 2.37. The van der Waals surface area contributed by atoms with Gasteiger partial charge in [-0.3, -0.25) is 5.43 Å². The number of aromatic nitrogens is 2. The number of benzene rings is 3. The van der Waals surface area contributed by atoms with Crippen LogP contribution in [0.3, 0.4) is 0 Å². The SMILES string of the molecule is Cc1ccc(N=C(NN=CC=C2N(C)c3ccccc3C2(C)C)c2nc3ccccc3[nH]2)cc1. The second kappa shape index (κ2) is 8.63. The van der Waals surface area contributed by atoms with Crippen molar-refractivity contribution < 1.29 is 0 Å². The van der Waals surface area contributed by atoms with Gasteiger partial charge in [0.05, 0.1) is 16.7 Å². The Bertz CT molecular complexity index is 1390. The number of anilines is 1.